The highest BCUT2D eigenvalue weighted by molar-refractivity contribution is 5.53. The molecule has 1 saturated heterocycles. The van der Waals surface area contributed by atoms with E-state index in [0.717, 1.165) is 49.4 Å². The average molecular weight is 532 g/mol. The van der Waals surface area contributed by atoms with Gasteiger partial charge in [-0.05, 0) is 94.2 Å². The lowest BCUT2D eigenvalue weighted by Crippen LogP contribution is -2.58. The van der Waals surface area contributed by atoms with E-state index >= 15 is 0 Å². The van der Waals surface area contributed by atoms with Gasteiger partial charge in [-0.1, -0.05) is 47.6 Å². The maximum atomic E-state index is 11.6. The van der Waals surface area contributed by atoms with Gasteiger partial charge in [0.15, 0.2) is 11.5 Å². The lowest BCUT2D eigenvalue weighted by atomic mass is 9.56. The fraction of sp³-hybridized carbons (Fsp3) is 0.758. The summed E-state index contributed by atoms with van der Waals surface area (Å²) in [5.74, 6) is 1.02. The summed E-state index contributed by atoms with van der Waals surface area (Å²) in [6.45, 7) is 21.5. The van der Waals surface area contributed by atoms with E-state index in [4.69, 9.17) is 4.74 Å². The van der Waals surface area contributed by atoms with E-state index in [1.54, 1.807) is 13.2 Å². The Balaban J connectivity index is 0.00000172. The molecule has 4 unspecified atom stereocenters. The molecule has 0 aromatic heterocycles. The summed E-state index contributed by atoms with van der Waals surface area (Å²) >= 11 is 0. The van der Waals surface area contributed by atoms with E-state index in [9.17, 15) is 15.3 Å². The summed E-state index contributed by atoms with van der Waals surface area (Å²) in [5.41, 5.74) is 0.444. The summed E-state index contributed by atoms with van der Waals surface area (Å²) in [7, 11) is 1.73. The minimum atomic E-state index is -0.839. The molecular formula is C33H57NO4. The van der Waals surface area contributed by atoms with E-state index < -0.39 is 5.60 Å². The van der Waals surface area contributed by atoms with Crippen LogP contribution >= 0.6 is 0 Å². The molecule has 3 rings (SSSR count). The minimum Gasteiger partial charge on any atom is -0.504 e. The first kappa shape index (κ1) is 34.3. The van der Waals surface area contributed by atoms with Crippen molar-refractivity contribution in [3.63, 3.8) is 0 Å². The number of ether oxygens (including phenoxy) is 1. The Labute approximate surface area is 234 Å². The second kappa shape index (κ2) is 14.1. The molecule has 1 aromatic rings. The SMILES string of the molecule is C#C.CC.COCCC1(c2c(C)ccc(O)c2O)CCN(CC2CC2)C(C)C1CC(C)[C@](C)(O)C(C)(C)C. The van der Waals surface area contributed by atoms with Crippen molar-refractivity contribution in [2.75, 3.05) is 26.8 Å². The maximum Gasteiger partial charge on any atom is 0.161 e. The van der Waals surface area contributed by atoms with Crippen LogP contribution in [0.15, 0.2) is 12.1 Å². The van der Waals surface area contributed by atoms with Gasteiger partial charge in [-0.25, -0.2) is 0 Å². The summed E-state index contributed by atoms with van der Waals surface area (Å²) < 4.78 is 5.61. The third kappa shape index (κ3) is 7.26. The number of benzene rings is 1. The molecule has 1 aliphatic heterocycles. The van der Waals surface area contributed by atoms with Gasteiger partial charge in [0.1, 0.15) is 0 Å². The standard InChI is InChI=1S/C29H49NO4.C2H6.C2H2/c1-19-9-12-24(31)26(32)25(19)29(14-16-34-8)13-15-30(18-22-10-11-22)21(3)23(29)17-20(2)28(7,33)27(4,5)6;2*1-2/h9,12,20-23,31-33H,10-11,13-18H2,1-8H3;1-2H3;1-2H/t20?,21?,23?,28-,29?;;/m0../s1. The fourth-order valence-electron chi connectivity index (χ4n) is 6.45. The molecule has 0 radical (unpaired) electrons. The first-order chi connectivity index (χ1) is 17.8. The van der Waals surface area contributed by atoms with Gasteiger partial charge in [-0.2, -0.15) is 0 Å². The number of aliphatic hydroxyl groups is 1. The van der Waals surface area contributed by atoms with Crippen molar-refractivity contribution in [3.8, 4) is 24.3 Å². The molecule has 3 N–H and O–H groups in total. The van der Waals surface area contributed by atoms with Gasteiger partial charge in [0.25, 0.3) is 0 Å². The van der Waals surface area contributed by atoms with Crippen LogP contribution in [0.25, 0.3) is 0 Å². The smallest absolute Gasteiger partial charge is 0.161 e. The summed E-state index contributed by atoms with van der Waals surface area (Å²) in [4.78, 5) is 2.64. The minimum absolute atomic E-state index is 0.0131. The zero-order valence-electron chi connectivity index (χ0n) is 26.0. The largest absolute Gasteiger partial charge is 0.504 e. The Morgan fingerprint density at radius 2 is 1.71 bits per heavy atom. The van der Waals surface area contributed by atoms with Crippen LogP contribution in [0.5, 0.6) is 11.5 Å². The summed E-state index contributed by atoms with van der Waals surface area (Å²) in [6, 6.07) is 3.81. The number of nitrogens with zero attached hydrogens (tertiary/aromatic N) is 1. The second-order valence-corrected chi connectivity index (χ2v) is 12.6. The molecule has 5 nitrogen and oxygen atoms in total. The second-order valence-electron chi connectivity index (χ2n) is 12.6. The van der Waals surface area contributed by atoms with Crippen molar-refractivity contribution in [1.29, 1.82) is 0 Å². The molecule has 38 heavy (non-hydrogen) atoms. The van der Waals surface area contributed by atoms with Crippen LogP contribution in [0.1, 0.15) is 98.6 Å². The number of aromatic hydroxyl groups is 2. The number of aryl methyl sites for hydroxylation is 1. The van der Waals surface area contributed by atoms with Crippen LogP contribution in [-0.4, -0.2) is 58.7 Å². The summed E-state index contributed by atoms with van der Waals surface area (Å²) in [6.07, 6.45) is 13.2. The highest BCUT2D eigenvalue weighted by Crippen LogP contribution is 2.54. The van der Waals surface area contributed by atoms with Crippen molar-refractivity contribution in [1.82, 2.24) is 4.90 Å². The molecule has 2 fully saturated rings. The molecule has 5 heteroatoms. The van der Waals surface area contributed by atoms with Crippen molar-refractivity contribution < 1.29 is 20.1 Å². The first-order valence-corrected chi connectivity index (χ1v) is 14.6. The highest BCUT2D eigenvalue weighted by Gasteiger charge is 2.52. The lowest BCUT2D eigenvalue weighted by Gasteiger charge is -2.55. The zero-order chi connectivity index (χ0) is 29.5. The van der Waals surface area contributed by atoms with Crippen LogP contribution in [-0.2, 0) is 10.2 Å². The molecule has 1 aromatic carbocycles. The molecule has 5 atom stereocenters. The highest BCUT2D eigenvalue weighted by atomic mass is 16.5. The predicted octanol–water partition coefficient (Wildman–Crippen LogP) is 6.90. The number of hydrogen-bond donors (Lipinski definition) is 3. The normalized spacial score (nSPS) is 26.2. The van der Waals surface area contributed by atoms with Crippen molar-refractivity contribution >= 4 is 0 Å². The van der Waals surface area contributed by atoms with Gasteiger partial charge in [0, 0.05) is 37.3 Å². The van der Waals surface area contributed by atoms with Gasteiger partial charge >= 0.3 is 0 Å². The predicted molar refractivity (Wildman–Crippen MR) is 160 cm³/mol. The third-order valence-corrected chi connectivity index (χ3v) is 9.60. The molecule has 1 aliphatic carbocycles. The number of terminal acetylenes is 1. The van der Waals surface area contributed by atoms with Crippen molar-refractivity contribution in [3.05, 3.63) is 23.3 Å². The van der Waals surface area contributed by atoms with E-state index in [2.05, 4.69) is 52.4 Å². The van der Waals surface area contributed by atoms with Crippen LogP contribution < -0.4 is 0 Å². The monoisotopic (exact) mass is 531 g/mol. The lowest BCUT2D eigenvalue weighted by molar-refractivity contribution is -0.102. The van der Waals surface area contributed by atoms with Crippen LogP contribution in [0.2, 0.25) is 0 Å². The Morgan fingerprint density at radius 3 is 2.21 bits per heavy atom. The quantitative estimate of drug-likeness (QED) is 0.239. The Bertz CT molecular complexity index is 883. The van der Waals surface area contributed by atoms with Crippen molar-refractivity contribution in [2.24, 2.45) is 23.2 Å². The first-order valence-electron chi connectivity index (χ1n) is 14.6. The molecular weight excluding hydrogens is 474 g/mol. The van der Waals surface area contributed by atoms with E-state index in [1.165, 1.54) is 12.8 Å². The van der Waals surface area contributed by atoms with Crippen LogP contribution in [0, 0.1) is 42.9 Å². The number of methoxy groups -OCH3 is 1. The molecule has 0 spiro atoms. The van der Waals surface area contributed by atoms with Gasteiger partial charge in [-0.15, -0.1) is 12.8 Å². The number of piperidine rings is 1. The number of hydrogen-bond acceptors (Lipinski definition) is 5. The summed E-state index contributed by atoms with van der Waals surface area (Å²) in [5, 5.41) is 33.3. The van der Waals surface area contributed by atoms with Crippen LogP contribution in [0.4, 0.5) is 0 Å². The van der Waals surface area contributed by atoms with E-state index in [0.29, 0.717) is 12.6 Å². The molecule has 218 valence electrons. The molecule has 1 heterocycles. The molecule has 0 bridgehead atoms. The molecule has 1 saturated carbocycles. The van der Waals surface area contributed by atoms with Crippen LogP contribution in [0.3, 0.4) is 0 Å². The zero-order valence-corrected chi connectivity index (χ0v) is 26.0. The Morgan fingerprint density at radius 1 is 1.13 bits per heavy atom. The fourth-order valence-corrected chi connectivity index (χ4v) is 6.45. The topological polar surface area (TPSA) is 73.2 Å². The molecule has 2 aliphatic rings. The number of phenols is 2. The average Bonchev–Trinajstić information content (AvgIpc) is 3.70. The van der Waals surface area contributed by atoms with E-state index in [-0.39, 0.29) is 34.2 Å². The third-order valence-electron chi connectivity index (χ3n) is 9.60. The van der Waals surface area contributed by atoms with Gasteiger partial charge < -0.3 is 25.0 Å². The maximum absolute atomic E-state index is 11.6. The Hall–Kier alpha value is -1.74. The van der Waals surface area contributed by atoms with Gasteiger partial charge in [-0.3, -0.25) is 0 Å². The number of rotatable bonds is 9. The number of phenolic OH excluding ortho intramolecular Hbond substituents is 2. The molecule has 0 amide bonds. The van der Waals surface area contributed by atoms with Crippen molar-refractivity contribution in [2.45, 2.75) is 111 Å². The van der Waals surface area contributed by atoms with Gasteiger partial charge in [0.05, 0.1) is 5.60 Å². The number of likely N-dealkylation sites (tertiary alicyclic amines) is 1. The van der Waals surface area contributed by atoms with Gasteiger partial charge in [0.2, 0.25) is 0 Å². The Kier molecular flexibility index (Phi) is 12.7. The van der Waals surface area contributed by atoms with E-state index in [1.807, 2.05) is 33.8 Å².